The van der Waals surface area contributed by atoms with Crippen LogP contribution in [0.3, 0.4) is 0 Å². The highest BCUT2D eigenvalue weighted by molar-refractivity contribution is 7.19. The first-order valence-corrected chi connectivity index (χ1v) is 13.6. The number of aromatic nitrogens is 6. The molecule has 0 unspecified atom stereocenters. The predicted octanol–water partition coefficient (Wildman–Crippen LogP) is 6.85. The summed E-state index contributed by atoms with van der Waals surface area (Å²) in [5.41, 5.74) is 9.57. The van der Waals surface area contributed by atoms with Crippen LogP contribution in [0.5, 0.6) is 0 Å². The standard InChI is InChI=1S/C28H24ClN7S/c1-16-24-20(8-9-31-27(24)22-6-7-23(29)37-22)33-25(16)28-26-21(34-35-28)5-4-19(32-26)18-12-17(13-30-14-18)15-36-10-2-3-11-36/h4-9,12-14,33H,2-3,10-11,15H2,1H3,(H,34,35). The molecular weight excluding hydrogens is 502 g/mol. The minimum atomic E-state index is 0.747. The summed E-state index contributed by atoms with van der Waals surface area (Å²) in [6.07, 6.45) is 8.23. The van der Waals surface area contributed by atoms with Gasteiger partial charge in [-0.2, -0.15) is 5.10 Å². The van der Waals surface area contributed by atoms with Crippen LogP contribution in [0.15, 0.2) is 55.0 Å². The monoisotopic (exact) mass is 525 g/mol. The molecule has 37 heavy (non-hydrogen) atoms. The van der Waals surface area contributed by atoms with E-state index in [1.165, 1.54) is 29.7 Å². The van der Waals surface area contributed by atoms with Crippen molar-refractivity contribution in [3.05, 3.63) is 70.5 Å². The highest BCUT2D eigenvalue weighted by Gasteiger charge is 2.20. The number of hydrogen-bond acceptors (Lipinski definition) is 6. The highest BCUT2D eigenvalue weighted by Crippen LogP contribution is 2.39. The molecule has 7 nitrogen and oxygen atoms in total. The molecular formula is C28H24ClN7S. The number of pyridine rings is 3. The van der Waals surface area contributed by atoms with Crippen LogP contribution in [0.2, 0.25) is 4.34 Å². The Morgan fingerprint density at radius 1 is 1.03 bits per heavy atom. The van der Waals surface area contributed by atoms with E-state index >= 15 is 0 Å². The molecule has 1 aliphatic heterocycles. The zero-order chi connectivity index (χ0) is 24.9. The normalized spacial score (nSPS) is 14.3. The Balaban J connectivity index is 1.31. The Kier molecular flexibility index (Phi) is 5.53. The Morgan fingerprint density at radius 3 is 2.76 bits per heavy atom. The number of thiophene rings is 1. The molecule has 2 N–H and O–H groups in total. The maximum Gasteiger partial charge on any atom is 0.135 e. The molecule has 6 aromatic heterocycles. The van der Waals surface area contributed by atoms with Gasteiger partial charge >= 0.3 is 0 Å². The fraction of sp³-hybridized carbons (Fsp3) is 0.214. The van der Waals surface area contributed by atoms with Gasteiger partial charge < -0.3 is 4.98 Å². The van der Waals surface area contributed by atoms with E-state index in [2.05, 4.69) is 43.0 Å². The van der Waals surface area contributed by atoms with Crippen molar-refractivity contribution in [1.82, 2.24) is 35.0 Å². The number of aryl methyl sites for hydroxylation is 1. The van der Waals surface area contributed by atoms with Gasteiger partial charge in [0.15, 0.2) is 0 Å². The molecule has 1 fully saturated rings. The fourth-order valence-corrected chi connectivity index (χ4v) is 6.36. The molecule has 0 bridgehead atoms. The van der Waals surface area contributed by atoms with Gasteiger partial charge in [-0.05, 0) is 80.4 Å². The Bertz CT molecular complexity index is 1760. The van der Waals surface area contributed by atoms with Crippen LogP contribution in [-0.2, 0) is 6.54 Å². The van der Waals surface area contributed by atoms with Gasteiger partial charge in [-0.15, -0.1) is 11.3 Å². The van der Waals surface area contributed by atoms with Crippen LogP contribution in [0, 0.1) is 6.92 Å². The van der Waals surface area contributed by atoms with Gasteiger partial charge in [0, 0.05) is 41.6 Å². The number of likely N-dealkylation sites (tertiary alicyclic amines) is 1. The Hall–Kier alpha value is -3.59. The molecule has 6 aromatic rings. The van der Waals surface area contributed by atoms with Gasteiger partial charge in [-0.1, -0.05) is 11.6 Å². The minimum Gasteiger partial charge on any atom is -0.353 e. The number of aromatic amines is 2. The van der Waals surface area contributed by atoms with Crippen molar-refractivity contribution in [3.8, 4) is 33.2 Å². The zero-order valence-electron chi connectivity index (χ0n) is 20.3. The number of fused-ring (bicyclic) bond motifs is 2. The second-order valence-corrected chi connectivity index (χ2v) is 11.3. The summed E-state index contributed by atoms with van der Waals surface area (Å²) in [6.45, 7) is 5.35. The van der Waals surface area contributed by atoms with Crippen LogP contribution in [0.4, 0.5) is 0 Å². The van der Waals surface area contributed by atoms with Crippen molar-refractivity contribution in [2.45, 2.75) is 26.3 Å². The molecule has 0 saturated carbocycles. The summed E-state index contributed by atoms with van der Waals surface area (Å²) in [7, 11) is 0. The van der Waals surface area contributed by atoms with Crippen molar-refractivity contribution in [2.24, 2.45) is 0 Å². The molecule has 184 valence electrons. The number of halogens is 1. The first-order chi connectivity index (χ1) is 18.1. The largest absolute Gasteiger partial charge is 0.353 e. The maximum absolute atomic E-state index is 6.22. The van der Waals surface area contributed by atoms with Gasteiger partial charge in [0.2, 0.25) is 0 Å². The molecule has 0 aromatic carbocycles. The first-order valence-electron chi connectivity index (χ1n) is 12.4. The second kappa shape index (κ2) is 9.06. The van der Waals surface area contributed by atoms with E-state index in [0.717, 1.165) is 84.7 Å². The fourth-order valence-electron chi connectivity index (χ4n) is 5.31. The summed E-state index contributed by atoms with van der Waals surface area (Å²) < 4.78 is 0.747. The average Bonchev–Trinajstić information content (AvgIpc) is 3.71. The van der Waals surface area contributed by atoms with Crippen LogP contribution in [0.25, 0.3) is 55.2 Å². The van der Waals surface area contributed by atoms with Crippen molar-refractivity contribution in [1.29, 1.82) is 0 Å². The lowest BCUT2D eigenvalue weighted by Gasteiger charge is -2.14. The van der Waals surface area contributed by atoms with E-state index in [4.69, 9.17) is 16.6 Å². The third-order valence-corrected chi connectivity index (χ3v) is 8.35. The lowest BCUT2D eigenvalue weighted by molar-refractivity contribution is 0.331. The SMILES string of the molecule is Cc1c(-c2n[nH]c3ccc(-c4cncc(CN5CCCC5)c4)nc23)[nH]c2ccnc(-c3ccc(Cl)s3)c12. The number of nitrogens with zero attached hydrogens (tertiary/aromatic N) is 5. The molecule has 1 aliphatic rings. The van der Waals surface area contributed by atoms with E-state index < -0.39 is 0 Å². The molecule has 1 saturated heterocycles. The molecule has 7 heterocycles. The Morgan fingerprint density at radius 2 is 1.92 bits per heavy atom. The van der Waals surface area contributed by atoms with Gasteiger partial charge in [0.1, 0.15) is 11.2 Å². The molecule has 0 spiro atoms. The summed E-state index contributed by atoms with van der Waals surface area (Å²) in [6, 6.07) is 12.2. The van der Waals surface area contributed by atoms with Gasteiger partial charge in [-0.25, -0.2) is 4.98 Å². The van der Waals surface area contributed by atoms with E-state index in [1.54, 1.807) is 0 Å². The number of rotatable bonds is 5. The third kappa shape index (κ3) is 4.01. The number of nitrogens with one attached hydrogen (secondary N) is 2. The molecule has 0 amide bonds. The topological polar surface area (TPSA) is 86.4 Å². The van der Waals surface area contributed by atoms with Crippen LogP contribution < -0.4 is 0 Å². The smallest absolute Gasteiger partial charge is 0.135 e. The van der Waals surface area contributed by atoms with Crippen molar-refractivity contribution in [2.75, 3.05) is 13.1 Å². The van der Waals surface area contributed by atoms with Crippen molar-refractivity contribution >= 4 is 44.9 Å². The molecule has 0 atom stereocenters. The molecule has 7 rings (SSSR count). The van der Waals surface area contributed by atoms with Crippen LogP contribution in [0.1, 0.15) is 24.0 Å². The van der Waals surface area contributed by atoms with Gasteiger partial charge in [0.05, 0.1) is 31.8 Å². The van der Waals surface area contributed by atoms with Crippen LogP contribution >= 0.6 is 22.9 Å². The van der Waals surface area contributed by atoms with Crippen molar-refractivity contribution in [3.63, 3.8) is 0 Å². The third-order valence-electron chi connectivity index (χ3n) is 7.11. The maximum atomic E-state index is 6.22. The van der Waals surface area contributed by atoms with E-state index in [-0.39, 0.29) is 0 Å². The number of hydrogen-bond donors (Lipinski definition) is 2. The summed E-state index contributed by atoms with van der Waals surface area (Å²) in [5.74, 6) is 0. The minimum absolute atomic E-state index is 0.747. The second-order valence-electron chi connectivity index (χ2n) is 9.54. The van der Waals surface area contributed by atoms with Gasteiger partial charge in [-0.3, -0.25) is 20.0 Å². The average molecular weight is 526 g/mol. The van der Waals surface area contributed by atoms with E-state index in [0.29, 0.717) is 0 Å². The van der Waals surface area contributed by atoms with E-state index in [1.807, 2.05) is 48.9 Å². The molecule has 0 aliphatic carbocycles. The Labute approximate surface area is 222 Å². The lowest BCUT2D eigenvalue weighted by Crippen LogP contribution is -2.18. The lowest BCUT2D eigenvalue weighted by atomic mass is 10.1. The molecule has 9 heteroatoms. The number of H-pyrrole nitrogens is 2. The summed E-state index contributed by atoms with van der Waals surface area (Å²) >= 11 is 7.75. The predicted molar refractivity (Wildman–Crippen MR) is 150 cm³/mol. The highest BCUT2D eigenvalue weighted by atomic mass is 35.5. The van der Waals surface area contributed by atoms with Gasteiger partial charge in [0.25, 0.3) is 0 Å². The summed E-state index contributed by atoms with van der Waals surface area (Å²) in [4.78, 5) is 21.4. The van der Waals surface area contributed by atoms with Crippen molar-refractivity contribution < 1.29 is 0 Å². The van der Waals surface area contributed by atoms with Crippen LogP contribution in [-0.4, -0.2) is 48.1 Å². The first kappa shape index (κ1) is 22.6. The van der Waals surface area contributed by atoms with E-state index in [9.17, 15) is 0 Å². The zero-order valence-corrected chi connectivity index (χ0v) is 21.8. The summed E-state index contributed by atoms with van der Waals surface area (Å²) in [5, 5.41) is 8.90. The molecule has 0 radical (unpaired) electrons. The quantitative estimate of drug-likeness (QED) is 0.257.